The maximum atomic E-state index is 6.26. The molecule has 0 spiro atoms. The second kappa shape index (κ2) is 6.36. The minimum atomic E-state index is 0.0688. The fourth-order valence-electron chi connectivity index (χ4n) is 2.17. The molecule has 0 saturated heterocycles. The van der Waals surface area contributed by atoms with Gasteiger partial charge in [-0.05, 0) is 30.9 Å². The van der Waals surface area contributed by atoms with Crippen LogP contribution in [-0.2, 0) is 13.0 Å². The zero-order valence-electron chi connectivity index (χ0n) is 10.9. The lowest BCUT2D eigenvalue weighted by Crippen LogP contribution is -2.17. The second-order valence-corrected chi connectivity index (χ2v) is 4.61. The molecule has 96 valence electrons. The van der Waals surface area contributed by atoms with Crippen molar-refractivity contribution in [2.75, 3.05) is 0 Å². The second-order valence-electron chi connectivity index (χ2n) is 4.61. The van der Waals surface area contributed by atoms with E-state index in [-0.39, 0.29) is 6.04 Å². The smallest absolute Gasteiger partial charge is 0.0551 e. The molecule has 18 heavy (non-hydrogen) atoms. The van der Waals surface area contributed by atoms with Gasteiger partial charge in [0.15, 0.2) is 0 Å². The highest BCUT2D eigenvalue weighted by Crippen LogP contribution is 2.16. The number of nitrogens with zero attached hydrogens (tertiary/aromatic N) is 2. The molecule has 0 aliphatic rings. The highest BCUT2D eigenvalue weighted by Gasteiger charge is 2.11. The van der Waals surface area contributed by atoms with Gasteiger partial charge in [0.2, 0.25) is 0 Å². The minimum absolute atomic E-state index is 0.0688. The maximum absolute atomic E-state index is 6.26. The van der Waals surface area contributed by atoms with E-state index < -0.39 is 0 Å². The van der Waals surface area contributed by atoms with Crippen molar-refractivity contribution in [2.24, 2.45) is 5.73 Å². The molecule has 0 radical (unpaired) electrons. The van der Waals surface area contributed by atoms with Crippen molar-refractivity contribution in [3.8, 4) is 0 Å². The Morgan fingerprint density at radius 2 is 2.00 bits per heavy atom. The van der Waals surface area contributed by atoms with E-state index in [0.717, 1.165) is 31.5 Å². The first-order valence-electron chi connectivity index (χ1n) is 6.62. The number of hydrogen-bond acceptors (Lipinski definition) is 2. The van der Waals surface area contributed by atoms with Crippen molar-refractivity contribution in [3.05, 3.63) is 53.9 Å². The van der Waals surface area contributed by atoms with Crippen LogP contribution in [0.1, 0.15) is 37.1 Å². The lowest BCUT2D eigenvalue weighted by molar-refractivity contribution is 0.523. The molecule has 0 aliphatic heterocycles. The molecule has 1 aromatic heterocycles. The molecule has 1 unspecified atom stereocenters. The van der Waals surface area contributed by atoms with Crippen LogP contribution in [0.5, 0.6) is 0 Å². The number of aromatic nitrogens is 2. The summed E-state index contributed by atoms with van der Waals surface area (Å²) >= 11 is 0. The van der Waals surface area contributed by atoms with Crippen LogP contribution in [0.3, 0.4) is 0 Å². The Morgan fingerprint density at radius 1 is 1.22 bits per heavy atom. The number of benzene rings is 1. The quantitative estimate of drug-likeness (QED) is 0.847. The SMILES string of the molecule is CCCn1nccc1C(N)CCc1ccccc1. The third-order valence-corrected chi connectivity index (χ3v) is 3.15. The Labute approximate surface area is 109 Å². The Bertz CT molecular complexity index is 462. The number of nitrogens with two attached hydrogens (primary N) is 1. The van der Waals surface area contributed by atoms with Crippen molar-refractivity contribution in [2.45, 2.75) is 38.8 Å². The van der Waals surface area contributed by atoms with Gasteiger partial charge in [-0.15, -0.1) is 0 Å². The molecule has 2 N–H and O–H groups in total. The first kappa shape index (κ1) is 12.8. The molecule has 0 amide bonds. The van der Waals surface area contributed by atoms with Crippen LogP contribution in [0, 0.1) is 0 Å². The third-order valence-electron chi connectivity index (χ3n) is 3.15. The van der Waals surface area contributed by atoms with Crippen LogP contribution in [0.25, 0.3) is 0 Å². The predicted molar refractivity (Wildman–Crippen MR) is 74.2 cm³/mol. The summed E-state index contributed by atoms with van der Waals surface area (Å²) in [5, 5.41) is 4.32. The topological polar surface area (TPSA) is 43.8 Å². The van der Waals surface area contributed by atoms with Gasteiger partial charge in [-0.2, -0.15) is 5.10 Å². The van der Waals surface area contributed by atoms with E-state index in [4.69, 9.17) is 5.73 Å². The Morgan fingerprint density at radius 3 is 2.72 bits per heavy atom. The summed E-state index contributed by atoms with van der Waals surface area (Å²) in [6.07, 6.45) is 4.90. The van der Waals surface area contributed by atoms with Gasteiger partial charge in [0.05, 0.1) is 5.69 Å². The average Bonchev–Trinajstić information content (AvgIpc) is 2.86. The third kappa shape index (κ3) is 3.20. The summed E-state index contributed by atoms with van der Waals surface area (Å²) in [4.78, 5) is 0. The standard InChI is InChI=1S/C15H21N3/c1-2-12-18-15(10-11-17-18)14(16)9-8-13-6-4-3-5-7-13/h3-7,10-11,14H,2,8-9,12,16H2,1H3. The molecule has 0 bridgehead atoms. The molecule has 1 atom stereocenters. The van der Waals surface area contributed by atoms with Crippen molar-refractivity contribution in [1.29, 1.82) is 0 Å². The lowest BCUT2D eigenvalue weighted by atomic mass is 10.0. The number of hydrogen-bond donors (Lipinski definition) is 1. The molecular formula is C15H21N3. The van der Waals surface area contributed by atoms with Crippen LogP contribution in [-0.4, -0.2) is 9.78 Å². The van der Waals surface area contributed by atoms with Crippen LogP contribution in [0.15, 0.2) is 42.6 Å². The molecule has 3 heteroatoms. The summed E-state index contributed by atoms with van der Waals surface area (Å²) in [5.74, 6) is 0. The van der Waals surface area contributed by atoms with Crippen LogP contribution in [0.2, 0.25) is 0 Å². The van der Waals surface area contributed by atoms with Crippen molar-refractivity contribution < 1.29 is 0 Å². The molecular weight excluding hydrogens is 222 g/mol. The lowest BCUT2D eigenvalue weighted by Gasteiger charge is -2.13. The summed E-state index contributed by atoms with van der Waals surface area (Å²) in [6.45, 7) is 3.10. The number of rotatable bonds is 6. The van der Waals surface area contributed by atoms with E-state index in [1.165, 1.54) is 5.56 Å². The summed E-state index contributed by atoms with van der Waals surface area (Å²) in [7, 11) is 0. The van der Waals surface area contributed by atoms with E-state index in [1.807, 2.05) is 23.0 Å². The summed E-state index contributed by atoms with van der Waals surface area (Å²) < 4.78 is 2.02. The van der Waals surface area contributed by atoms with E-state index >= 15 is 0 Å². The first-order chi connectivity index (χ1) is 8.81. The molecule has 2 rings (SSSR count). The molecule has 0 saturated carbocycles. The van der Waals surface area contributed by atoms with Gasteiger partial charge < -0.3 is 5.73 Å². The van der Waals surface area contributed by atoms with Crippen molar-refractivity contribution in [3.63, 3.8) is 0 Å². The maximum Gasteiger partial charge on any atom is 0.0551 e. The fourth-order valence-corrected chi connectivity index (χ4v) is 2.17. The molecule has 0 fully saturated rings. The van der Waals surface area contributed by atoms with E-state index in [1.54, 1.807) is 0 Å². The largest absolute Gasteiger partial charge is 0.323 e. The van der Waals surface area contributed by atoms with Gasteiger partial charge in [-0.3, -0.25) is 4.68 Å². The number of aryl methyl sites for hydroxylation is 2. The minimum Gasteiger partial charge on any atom is -0.323 e. The zero-order valence-corrected chi connectivity index (χ0v) is 10.9. The predicted octanol–water partition coefficient (Wildman–Crippen LogP) is 2.93. The van der Waals surface area contributed by atoms with E-state index in [2.05, 4.69) is 36.3 Å². The molecule has 0 aliphatic carbocycles. The average molecular weight is 243 g/mol. The molecule has 2 aromatic rings. The highest BCUT2D eigenvalue weighted by molar-refractivity contribution is 5.15. The van der Waals surface area contributed by atoms with E-state index in [9.17, 15) is 0 Å². The highest BCUT2D eigenvalue weighted by atomic mass is 15.3. The Kier molecular flexibility index (Phi) is 4.53. The van der Waals surface area contributed by atoms with Crippen molar-refractivity contribution >= 4 is 0 Å². The van der Waals surface area contributed by atoms with Gasteiger partial charge in [-0.25, -0.2) is 0 Å². The molecule has 1 aromatic carbocycles. The molecule has 3 nitrogen and oxygen atoms in total. The van der Waals surface area contributed by atoms with Gasteiger partial charge in [-0.1, -0.05) is 37.3 Å². The monoisotopic (exact) mass is 243 g/mol. The first-order valence-corrected chi connectivity index (χ1v) is 6.62. The van der Waals surface area contributed by atoms with Gasteiger partial charge in [0.25, 0.3) is 0 Å². The Balaban J connectivity index is 1.95. The van der Waals surface area contributed by atoms with E-state index in [0.29, 0.717) is 0 Å². The normalized spacial score (nSPS) is 12.6. The van der Waals surface area contributed by atoms with Crippen LogP contribution in [0.4, 0.5) is 0 Å². The van der Waals surface area contributed by atoms with Gasteiger partial charge >= 0.3 is 0 Å². The summed E-state index contributed by atoms with van der Waals surface area (Å²) in [6, 6.07) is 12.6. The molecule has 1 heterocycles. The van der Waals surface area contributed by atoms with Gasteiger partial charge in [0, 0.05) is 18.8 Å². The van der Waals surface area contributed by atoms with Crippen LogP contribution < -0.4 is 5.73 Å². The van der Waals surface area contributed by atoms with Crippen LogP contribution >= 0.6 is 0 Å². The van der Waals surface area contributed by atoms with Crippen molar-refractivity contribution in [1.82, 2.24) is 9.78 Å². The fraction of sp³-hybridized carbons (Fsp3) is 0.400. The zero-order chi connectivity index (χ0) is 12.8. The van der Waals surface area contributed by atoms with Gasteiger partial charge in [0.1, 0.15) is 0 Å². The summed E-state index contributed by atoms with van der Waals surface area (Å²) in [5.41, 5.74) is 8.75. The Hall–Kier alpha value is -1.61.